The first-order chi connectivity index (χ1) is 28.8. The third-order valence-corrected chi connectivity index (χ3v) is 8.52. The Kier molecular flexibility index (Phi) is 17.7. The molecule has 5 aromatic carbocycles. The minimum Gasteiger partial charge on any atom is -0.297 e. The predicted molar refractivity (Wildman–Crippen MR) is 243 cm³/mol. The molecule has 0 aliphatic heterocycles. The number of hydrogen-bond acceptors (Lipinski definition) is 13. The second-order valence-corrected chi connectivity index (χ2v) is 13.4. The molecule has 8 aromatic rings. The van der Waals surface area contributed by atoms with Gasteiger partial charge < -0.3 is 0 Å². The Bertz CT molecular complexity index is 2640. The van der Waals surface area contributed by atoms with E-state index in [0.29, 0.717) is 33.7 Å². The zero-order valence-corrected chi connectivity index (χ0v) is 35.5. The molecule has 0 radical (unpaired) electrons. The number of anilines is 2. The van der Waals surface area contributed by atoms with Crippen LogP contribution in [0.5, 0.6) is 0 Å². The topological polar surface area (TPSA) is 194 Å². The average Bonchev–Trinajstić information content (AvgIpc) is 3.24. The van der Waals surface area contributed by atoms with Crippen LogP contribution in [-0.2, 0) is 0 Å². The molecule has 3 aromatic heterocycles. The zero-order chi connectivity index (χ0) is 43.6. The van der Waals surface area contributed by atoms with Gasteiger partial charge in [-0.2, -0.15) is 0 Å². The number of para-hydroxylation sites is 3. The number of nitrogens with two attached hydrogens (primary N) is 2. The van der Waals surface area contributed by atoms with Gasteiger partial charge in [-0.25, -0.2) is 35.7 Å². The highest BCUT2D eigenvalue weighted by Gasteiger charge is 2.13. The van der Waals surface area contributed by atoms with E-state index in [9.17, 15) is 9.59 Å². The van der Waals surface area contributed by atoms with Crippen LogP contribution < -0.4 is 32.6 Å². The Hall–Kier alpha value is -6.68. The van der Waals surface area contributed by atoms with Gasteiger partial charge in [0.25, 0.3) is 11.1 Å². The fraction of sp³-hybridized carbons (Fsp3) is 0.136. The number of rotatable bonds is 5. The third kappa shape index (κ3) is 13.4. The molecule has 0 aliphatic carbocycles. The number of carbonyl (C=O) groups is 2. The van der Waals surface area contributed by atoms with Crippen LogP contribution in [0.4, 0.5) is 11.6 Å². The molecular weight excluding hydrogens is 799 g/mol. The Morgan fingerprint density at radius 1 is 0.550 bits per heavy atom. The van der Waals surface area contributed by atoms with Gasteiger partial charge in [-0.3, -0.25) is 36.3 Å². The monoisotopic (exact) mass is 844 g/mol. The van der Waals surface area contributed by atoms with E-state index in [4.69, 9.17) is 29.0 Å². The first-order valence-corrected chi connectivity index (χ1v) is 19.1. The summed E-state index contributed by atoms with van der Waals surface area (Å²) in [5.74, 6) is 13.6. The minimum atomic E-state index is -0.407. The molecule has 60 heavy (non-hydrogen) atoms. The average molecular weight is 846 g/mol. The first-order valence-electron chi connectivity index (χ1n) is 18.4. The number of carbonyl (C=O) groups excluding carboxylic acids is 2. The zero-order valence-electron chi connectivity index (χ0n) is 34.0. The van der Waals surface area contributed by atoms with Crippen LogP contribution in [0.2, 0.25) is 5.15 Å². The van der Waals surface area contributed by atoms with Gasteiger partial charge in [0, 0.05) is 41.4 Å². The minimum absolute atomic E-state index is 0.177. The van der Waals surface area contributed by atoms with Gasteiger partial charge in [0.05, 0.1) is 16.6 Å². The Balaban J connectivity index is 0.000000181. The van der Waals surface area contributed by atoms with E-state index in [1.54, 1.807) is 62.6 Å². The quantitative estimate of drug-likeness (QED) is 0.0570. The Labute approximate surface area is 358 Å². The molecule has 0 fully saturated rings. The van der Waals surface area contributed by atoms with E-state index < -0.39 is 5.24 Å². The molecule has 0 spiro atoms. The lowest BCUT2D eigenvalue weighted by atomic mass is 10.2. The van der Waals surface area contributed by atoms with Crippen LogP contribution in [-0.4, -0.2) is 62.2 Å². The molecule has 16 heteroatoms. The van der Waals surface area contributed by atoms with Gasteiger partial charge in [0.1, 0.15) is 22.6 Å². The summed E-state index contributed by atoms with van der Waals surface area (Å²) in [4.78, 5) is 48.4. The lowest BCUT2D eigenvalue weighted by Gasteiger charge is -2.21. The second-order valence-electron chi connectivity index (χ2n) is 12.7. The molecule has 0 atom stereocenters. The fourth-order valence-corrected chi connectivity index (χ4v) is 5.85. The van der Waals surface area contributed by atoms with E-state index in [1.807, 2.05) is 118 Å². The van der Waals surface area contributed by atoms with Crippen molar-refractivity contribution in [2.24, 2.45) is 11.7 Å². The largest absolute Gasteiger partial charge is 0.297 e. The van der Waals surface area contributed by atoms with Gasteiger partial charge >= 0.3 is 0 Å². The highest BCUT2D eigenvalue weighted by Crippen LogP contribution is 2.23. The lowest BCUT2D eigenvalue weighted by molar-refractivity contribution is 0.0950. The highest BCUT2D eigenvalue weighted by atomic mass is 35.5. The number of amides is 1. The lowest BCUT2D eigenvalue weighted by Crippen LogP contribution is -2.40. The SMILES string of the molecule is CNN.Cc1nc(Cl)c2ccccc2n1.Cc1nc(N(C)N)c2ccccc2n1.Cc1nc(N(C)NC(=O)c2ccccc2)c2ccccc2n1.O=C(Cl)c1ccccc1. The van der Waals surface area contributed by atoms with E-state index in [1.165, 1.54) is 5.01 Å². The maximum atomic E-state index is 12.3. The number of hydrogen-bond donors (Lipinski definition) is 4. The van der Waals surface area contributed by atoms with Crippen molar-refractivity contribution in [3.05, 3.63) is 167 Å². The standard InChI is InChI=1S/C17H16N4O.C10H12N4.C9H7ClN2.C7H5ClO.CH6N2/c1-12-18-15-11-7-6-10-14(15)16(19-12)21(2)20-17(22)13-8-4-3-5-9-13;1-7-12-9-6-4-3-5-8(9)10(13-7)14(2)11;1-6-11-8-5-3-2-4-7(8)9(10)12-6;8-7(9)6-4-2-1-3-5-6;1-3-2/h3-11H,1-2H3,(H,20,22);3-6H,11H2,1-2H3;2-5H,1H3;1-5H;3H,2H2,1H3. The van der Waals surface area contributed by atoms with Crippen molar-refractivity contribution in [2.75, 3.05) is 31.2 Å². The molecule has 14 nitrogen and oxygen atoms in total. The van der Waals surface area contributed by atoms with E-state index in [-0.39, 0.29) is 5.91 Å². The van der Waals surface area contributed by atoms with E-state index in [2.05, 4.69) is 46.6 Å². The molecule has 0 unspecified atom stereocenters. The van der Waals surface area contributed by atoms with Crippen molar-refractivity contribution in [3.8, 4) is 0 Å². The summed E-state index contributed by atoms with van der Waals surface area (Å²) < 4.78 is 0. The van der Waals surface area contributed by atoms with Crippen molar-refractivity contribution >= 4 is 78.7 Å². The second kappa shape index (κ2) is 23.0. The van der Waals surface area contributed by atoms with Crippen molar-refractivity contribution in [2.45, 2.75) is 20.8 Å². The smallest absolute Gasteiger partial charge is 0.269 e. The van der Waals surface area contributed by atoms with Crippen molar-refractivity contribution < 1.29 is 9.59 Å². The van der Waals surface area contributed by atoms with Gasteiger partial charge in [-0.05, 0) is 88.0 Å². The van der Waals surface area contributed by atoms with Crippen LogP contribution in [0.3, 0.4) is 0 Å². The molecular formula is C44H46Cl2N12O2. The molecule has 1 amide bonds. The normalized spacial score (nSPS) is 10.0. The number of nitrogens with zero attached hydrogens (tertiary/aromatic N) is 8. The van der Waals surface area contributed by atoms with E-state index in [0.717, 1.165) is 44.4 Å². The molecule has 8 rings (SSSR count). The van der Waals surface area contributed by atoms with Gasteiger partial charge in [-0.15, -0.1) is 0 Å². The molecule has 6 N–H and O–H groups in total. The van der Waals surface area contributed by atoms with Crippen LogP contribution in [0.1, 0.15) is 38.2 Å². The summed E-state index contributed by atoms with van der Waals surface area (Å²) in [5, 5.41) is 6.04. The summed E-state index contributed by atoms with van der Waals surface area (Å²) in [6.45, 7) is 5.53. The van der Waals surface area contributed by atoms with Crippen molar-refractivity contribution in [3.63, 3.8) is 0 Å². The summed E-state index contributed by atoms with van der Waals surface area (Å²) in [5.41, 5.74) is 8.90. The van der Waals surface area contributed by atoms with Gasteiger partial charge in [0.15, 0.2) is 11.6 Å². The van der Waals surface area contributed by atoms with Crippen LogP contribution in [0, 0.1) is 20.8 Å². The van der Waals surface area contributed by atoms with Gasteiger partial charge in [0.2, 0.25) is 0 Å². The molecule has 0 bridgehead atoms. The molecule has 0 saturated heterocycles. The highest BCUT2D eigenvalue weighted by molar-refractivity contribution is 6.67. The van der Waals surface area contributed by atoms with Crippen molar-refractivity contribution in [1.29, 1.82) is 0 Å². The van der Waals surface area contributed by atoms with Crippen LogP contribution in [0.25, 0.3) is 32.7 Å². The van der Waals surface area contributed by atoms with Gasteiger partial charge in [-0.1, -0.05) is 96.5 Å². The molecule has 3 heterocycles. The number of aromatic nitrogens is 6. The Morgan fingerprint density at radius 3 is 1.37 bits per heavy atom. The number of halogens is 2. The molecule has 308 valence electrons. The summed E-state index contributed by atoms with van der Waals surface area (Å²) in [7, 11) is 5.20. The summed E-state index contributed by atoms with van der Waals surface area (Å²) >= 11 is 11.1. The number of nitrogens with one attached hydrogen (secondary N) is 2. The molecule has 0 saturated carbocycles. The number of benzene rings is 5. The number of aryl methyl sites for hydroxylation is 3. The number of hydrazine groups is 3. The molecule has 0 aliphatic rings. The maximum Gasteiger partial charge on any atom is 0.269 e. The summed E-state index contributed by atoms with van der Waals surface area (Å²) in [6, 6.07) is 41.1. The number of fused-ring (bicyclic) bond motifs is 3. The van der Waals surface area contributed by atoms with Crippen molar-refractivity contribution in [1.82, 2.24) is 40.8 Å². The fourth-order valence-electron chi connectivity index (χ4n) is 5.45. The van der Waals surface area contributed by atoms with Crippen LogP contribution in [0.15, 0.2) is 133 Å². The van der Waals surface area contributed by atoms with E-state index >= 15 is 0 Å². The first kappa shape index (κ1) is 46.0. The van der Waals surface area contributed by atoms with Crippen LogP contribution >= 0.6 is 23.2 Å². The third-order valence-electron chi connectivity index (χ3n) is 8.02. The summed E-state index contributed by atoms with van der Waals surface area (Å²) in [6.07, 6.45) is 0. The predicted octanol–water partition coefficient (Wildman–Crippen LogP) is 7.70. The maximum absolute atomic E-state index is 12.3. The Morgan fingerprint density at radius 2 is 0.917 bits per heavy atom.